The fourth-order valence-electron chi connectivity index (χ4n) is 3.39. The van der Waals surface area contributed by atoms with Crippen LogP contribution >= 0.6 is 11.6 Å². The molecule has 34 heavy (non-hydrogen) atoms. The molecule has 1 saturated heterocycles. The molecule has 0 aromatic heterocycles. The molecule has 0 bridgehead atoms. The van der Waals surface area contributed by atoms with Crippen molar-refractivity contribution in [2.24, 2.45) is 10.7 Å². The Hall–Kier alpha value is -3.33. The normalized spacial score (nSPS) is 15.1. The summed E-state index contributed by atoms with van der Waals surface area (Å²) in [6.07, 6.45) is -1.92. The van der Waals surface area contributed by atoms with Gasteiger partial charge in [0.15, 0.2) is 0 Å². The Morgan fingerprint density at radius 3 is 2.44 bits per heavy atom. The summed E-state index contributed by atoms with van der Waals surface area (Å²) in [5, 5.41) is 3.05. The Kier molecular flexibility index (Phi) is 8.33. The second-order valence-electron chi connectivity index (χ2n) is 7.72. The fourth-order valence-corrected chi connectivity index (χ4v) is 3.57. The maximum Gasteiger partial charge on any atom is 0.430 e. The van der Waals surface area contributed by atoms with E-state index in [1.165, 1.54) is 24.3 Å². The van der Waals surface area contributed by atoms with Gasteiger partial charge in [-0.05, 0) is 43.2 Å². The highest BCUT2D eigenvalue weighted by Gasteiger charge is 2.31. The summed E-state index contributed by atoms with van der Waals surface area (Å²) in [4.78, 5) is 30.1. The van der Waals surface area contributed by atoms with Crippen LogP contribution in [0.1, 0.15) is 35.2 Å². The quantitative estimate of drug-likeness (QED) is 0.417. The van der Waals surface area contributed by atoms with Gasteiger partial charge in [0.05, 0.1) is 16.4 Å². The zero-order valence-corrected chi connectivity index (χ0v) is 19.0. The van der Waals surface area contributed by atoms with Crippen molar-refractivity contribution in [2.45, 2.75) is 25.4 Å². The predicted molar refractivity (Wildman–Crippen MR) is 125 cm³/mol. The molecule has 0 atom stereocenters. The van der Waals surface area contributed by atoms with Gasteiger partial charge in [-0.3, -0.25) is 9.59 Å². The maximum absolute atomic E-state index is 13.0. The molecule has 2 aromatic carbocycles. The minimum Gasteiger partial charge on any atom is -0.395 e. The Morgan fingerprint density at radius 2 is 1.82 bits per heavy atom. The van der Waals surface area contributed by atoms with Crippen LogP contribution in [0, 0.1) is 0 Å². The number of carbonyl (C=O) groups is 2. The molecule has 0 unspecified atom stereocenters. The highest BCUT2D eigenvalue weighted by atomic mass is 35.5. The molecule has 3 rings (SSSR count). The summed E-state index contributed by atoms with van der Waals surface area (Å²) in [6.45, 7) is 1.74. The largest absolute Gasteiger partial charge is 0.430 e. The molecule has 2 aromatic rings. The van der Waals surface area contributed by atoms with E-state index in [2.05, 4.69) is 10.3 Å². The topological polar surface area (TPSA) is 87.8 Å². The Bertz CT molecular complexity index is 1100. The highest BCUT2D eigenvalue weighted by molar-refractivity contribution is 6.33. The molecule has 180 valence electrons. The number of hydrogen-bond acceptors (Lipinski definition) is 4. The van der Waals surface area contributed by atoms with Gasteiger partial charge in [0.2, 0.25) is 5.91 Å². The summed E-state index contributed by atoms with van der Waals surface area (Å²) >= 11 is 6.10. The van der Waals surface area contributed by atoms with Crippen molar-refractivity contribution < 1.29 is 22.8 Å². The lowest BCUT2D eigenvalue weighted by Gasteiger charge is -2.15. The SMILES string of the molecule is NC(=CC(=Nc1ccccc1Cl)c1ccc(C(=O)NCCCN2CCCC2=O)cc1)C(F)(F)F. The van der Waals surface area contributed by atoms with Gasteiger partial charge in [0.1, 0.15) is 5.70 Å². The number of benzene rings is 2. The first-order chi connectivity index (χ1) is 16.1. The van der Waals surface area contributed by atoms with Gasteiger partial charge >= 0.3 is 6.18 Å². The van der Waals surface area contributed by atoms with Gasteiger partial charge in [-0.25, -0.2) is 4.99 Å². The van der Waals surface area contributed by atoms with E-state index in [1.807, 2.05) is 0 Å². The van der Waals surface area contributed by atoms with Crippen molar-refractivity contribution in [3.63, 3.8) is 0 Å². The number of carbonyl (C=O) groups excluding carboxylic acids is 2. The average molecular weight is 493 g/mol. The van der Waals surface area contributed by atoms with Crippen molar-refractivity contribution in [3.05, 3.63) is 76.5 Å². The summed E-state index contributed by atoms with van der Waals surface area (Å²) in [7, 11) is 0. The van der Waals surface area contributed by atoms with E-state index in [1.54, 1.807) is 29.2 Å². The number of hydrogen-bond donors (Lipinski definition) is 2. The molecule has 1 fully saturated rings. The standard InChI is InChI=1S/C24H24ClF3N4O2/c25-18-5-1-2-6-19(18)31-20(15-21(29)24(26,27)28)16-8-10-17(11-9-16)23(34)30-12-4-14-32-13-3-7-22(32)33/h1-2,5-6,8-11,15H,3-4,7,12-14,29H2,(H,30,34). The van der Waals surface area contributed by atoms with Crippen molar-refractivity contribution in [3.8, 4) is 0 Å². The average Bonchev–Trinajstić information content (AvgIpc) is 3.21. The minimum absolute atomic E-state index is 0.0508. The first-order valence-corrected chi connectivity index (χ1v) is 11.1. The first kappa shape index (κ1) is 25.3. The smallest absolute Gasteiger partial charge is 0.395 e. The van der Waals surface area contributed by atoms with Crippen LogP contribution in [0.15, 0.2) is 65.3 Å². The van der Waals surface area contributed by atoms with Crippen molar-refractivity contribution >= 4 is 34.8 Å². The van der Waals surface area contributed by atoms with Crippen LogP contribution in [-0.4, -0.2) is 48.2 Å². The number of nitrogens with two attached hydrogens (primary N) is 1. The zero-order chi connectivity index (χ0) is 24.7. The van der Waals surface area contributed by atoms with E-state index < -0.39 is 11.9 Å². The van der Waals surface area contributed by atoms with Crippen LogP contribution < -0.4 is 11.1 Å². The maximum atomic E-state index is 13.0. The number of nitrogens with one attached hydrogen (secondary N) is 1. The van der Waals surface area contributed by atoms with Crippen LogP contribution in [-0.2, 0) is 4.79 Å². The number of nitrogens with zero attached hydrogens (tertiary/aromatic N) is 2. The molecule has 1 aliphatic heterocycles. The molecule has 0 aliphatic carbocycles. The van der Waals surface area contributed by atoms with E-state index in [4.69, 9.17) is 17.3 Å². The lowest BCUT2D eigenvalue weighted by molar-refractivity contribution is -0.127. The molecule has 0 radical (unpaired) electrons. The number of allylic oxidation sites excluding steroid dienone is 2. The van der Waals surface area contributed by atoms with Crippen LogP contribution in [0.25, 0.3) is 0 Å². The van der Waals surface area contributed by atoms with Gasteiger partial charge in [0, 0.05) is 37.2 Å². The third-order valence-corrected chi connectivity index (χ3v) is 5.54. The molecule has 0 spiro atoms. The fraction of sp³-hybridized carbons (Fsp3) is 0.292. The Morgan fingerprint density at radius 1 is 1.15 bits per heavy atom. The number of amides is 2. The number of likely N-dealkylation sites (tertiary alicyclic amines) is 1. The van der Waals surface area contributed by atoms with Gasteiger partial charge in [-0.15, -0.1) is 0 Å². The molecule has 10 heteroatoms. The van der Waals surface area contributed by atoms with E-state index in [0.29, 0.717) is 37.1 Å². The third kappa shape index (κ3) is 6.84. The molecule has 2 amide bonds. The first-order valence-electron chi connectivity index (χ1n) is 10.7. The van der Waals surface area contributed by atoms with E-state index in [-0.39, 0.29) is 28.2 Å². The summed E-state index contributed by atoms with van der Waals surface area (Å²) < 4.78 is 39.1. The molecule has 0 saturated carbocycles. The van der Waals surface area contributed by atoms with Gasteiger partial charge in [-0.2, -0.15) is 13.2 Å². The number of alkyl halides is 3. The van der Waals surface area contributed by atoms with Gasteiger partial charge < -0.3 is 16.0 Å². The van der Waals surface area contributed by atoms with E-state index in [0.717, 1.165) is 19.0 Å². The van der Waals surface area contributed by atoms with E-state index >= 15 is 0 Å². The number of rotatable bonds is 8. The molecule has 1 heterocycles. The van der Waals surface area contributed by atoms with Crippen LogP contribution in [0.4, 0.5) is 18.9 Å². The molecular formula is C24H24ClF3N4O2. The third-order valence-electron chi connectivity index (χ3n) is 5.22. The molecule has 6 nitrogen and oxygen atoms in total. The van der Waals surface area contributed by atoms with Gasteiger partial charge in [0.25, 0.3) is 5.91 Å². The van der Waals surface area contributed by atoms with Crippen molar-refractivity contribution in [1.82, 2.24) is 10.2 Å². The lowest BCUT2D eigenvalue weighted by atomic mass is 10.1. The molecule has 3 N–H and O–H groups in total. The summed E-state index contributed by atoms with van der Waals surface area (Å²) in [6, 6.07) is 12.5. The Balaban J connectivity index is 1.72. The summed E-state index contributed by atoms with van der Waals surface area (Å²) in [5.41, 5.74) is 4.80. The number of para-hydroxylation sites is 1. The highest BCUT2D eigenvalue weighted by Crippen LogP contribution is 2.27. The van der Waals surface area contributed by atoms with Crippen molar-refractivity contribution in [2.75, 3.05) is 19.6 Å². The number of aliphatic imine (C=N–C) groups is 1. The van der Waals surface area contributed by atoms with Crippen LogP contribution in [0.2, 0.25) is 5.02 Å². The molecular weight excluding hydrogens is 469 g/mol. The van der Waals surface area contributed by atoms with E-state index in [9.17, 15) is 22.8 Å². The van der Waals surface area contributed by atoms with Crippen LogP contribution in [0.5, 0.6) is 0 Å². The van der Waals surface area contributed by atoms with Crippen LogP contribution in [0.3, 0.4) is 0 Å². The minimum atomic E-state index is -4.72. The molecule has 1 aliphatic rings. The summed E-state index contributed by atoms with van der Waals surface area (Å²) in [5.74, 6) is -0.189. The Labute approximate surface area is 200 Å². The zero-order valence-electron chi connectivity index (χ0n) is 18.2. The predicted octanol–water partition coefficient (Wildman–Crippen LogP) is 4.61. The second kappa shape index (κ2) is 11.2. The number of halogens is 4. The van der Waals surface area contributed by atoms with Gasteiger partial charge in [-0.1, -0.05) is 35.9 Å². The monoisotopic (exact) mass is 492 g/mol. The lowest BCUT2D eigenvalue weighted by Crippen LogP contribution is -2.30. The van der Waals surface area contributed by atoms with Crippen molar-refractivity contribution in [1.29, 1.82) is 0 Å². The second-order valence-corrected chi connectivity index (χ2v) is 8.12.